The molecule has 0 aromatic carbocycles. The topological polar surface area (TPSA) is 88.2 Å². The minimum absolute atomic E-state index is 0.0756. The molecule has 2 heterocycles. The zero-order chi connectivity index (χ0) is 12.4. The number of aromatic carboxylic acids is 1. The SMILES string of the molecule is CNc1cc(C(=O)O)nc(-c2ccc(C)o2)n1. The van der Waals surface area contributed by atoms with Gasteiger partial charge in [-0.25, -0.2) is 14.8 Å². The summed E-state index contributed by atoms with van der Waals surface area (Å²) in [6.45, 7) is 1.80. The van der Waals surface area contributed by atoms with Crippen LogP contribution in [0, 0.1) is 6.92 Å². The number of furan rings is 1. The first kappa shape index (κ1) is 11.1. The molecule has 0 spiro atoms. The molecule has 0 aliphatic rings. The Balaban J connectivity index is 2.53. The third-order valence-corrected chi connectivity index (χ3v) is 2.16. The van der Waals surface area contributed by atoms with Crippen molar-refractivity contribution in [3.63, 3.8) is 0 Å². The Labute approximate surface area is 97.3 Å². The van der Waals surface area contributed by atoms with Gasteiger partial charge in [0.1, 0.15) is 11.6 Å². The molecule has 2 rings (SSSR count). The van der Waals surface area contributed by atoms with Crippen molar-refractivity contribution >= 4 is 11.8 Å². The summed E-state index contributed by atoms with van der Waals surface area (Å²) in [5.41, 5.74) is -0.0756. The van der Waals surface area contributed by atoms with Gasteiger partial charge in [-0.05, 0) is 19.1 Å². The lowest BCUT2D eigenvalue weighted by atomic mass is 10.3. The van der Waals surface area contributed by atoms with Crippen LogP contribution in [0.1, 0.15) is 16.2 Å². The number of hydrogen-bond acceptors (Lipinski definition) is 5. The molecule has 0 amide bonds. The fraction of sp³-hybridized carbons (Fsp3) is 0.182. The summed E-state index contributed by atoms with van der Waals surface area (Å²) in [4.78, 5) is 19.0. The Morgan fingerprint density at radius 2 is 2.18 bits per heavy atom. The Bertz CT molecular complexity index is 563. The molecule has 88 valence electrons. The van der Waals surface area contributed by atoms with Crippen LogP contribution < -0.4 is 5.32 Å². The van der Waals surface area contributed by atoms with Crippen LogP contribution >= 0.6 is 0 Å². The number of aromatic nitrogens is 2. The normalized spacial score (nSPS) is 10.2. The average molecular weight is 233 g/mol. The molecule has 0 saturated heterocycles. The number of aryl methyl sites for hydroxylation is 1. The van der Waals surface area contributed by atoms with E-state index in [-0.39, 0.29) is 11.5 Å². The lowest BCUT2D eigenvalue weighted by Gasteiger charge is -2.03. The van der Waals surface area contributed by atoms with Gasteiger partial charge in [0.05, 0.1) is 0 Å². The van der Waals surface area contributed by atoms with Crippen molar-refractivity contribution in [3.8, 4) is 11.6 Å². The number of nitrogens with one attached hydrogen (secondary N) is 1. The predicted molar refractivity (Wildman–Crippen MR) is 61.0 cm³/mol. The predicted octanol–water partition coefficient (Wildman–Crippen LogP) is 1.78. The second-order valence-corrected chi connectivity index (χ2v) is 3.43. The molecular weight excluding hydrogens is 222 g/mol. The molecule has 0 aliphatic heterocycles. The summed E-state index contributed by atoms with van der Waals surface area (Å²) >= 11 is 0. The van der Waals surface area contributed by atoms with Crippen molar-refractivity contribution in [3.05, 3.63) is 29.7 Å². The van der Waals surface area contributed by atoms with E-state index in [4.69, 9.17) is 9.52 Å². The molecule has 0 radical (unpaired) electrons. The van der Waals surface area contributed by atoms with Gasteiger partial charge < -0.3 is 14.8 Å². The quantitative estimate of drug-likeness (QED) is 0.840. The van der Waals surface area contributed by atoms with Gasteiger partial charge in [-0.3, -0.25) is 0 Å². The van der Waals surface area contributed by atoms with Gasteiger partial charge >= 0.3 is 5.97 Å². The summed E-state index contributed by atoms with van der Waals surface area (Å²) < 4.78 is 5.36. The van der Waals surface area contributed by atoms with E-state index in [0.717, 1.165) is 5.76 Å². The molecule has 0 atom stereocenters. The Kier molecular flexibility index (Phi) is 2.78. The second-order valence-electron chi connectivity index (χ2n) is 3.43. The van der Waals surface area contributed by atoms with Crippen LogP contribution in [0.15, 0.2) is 22.6 Å². The third-order valence-electron chi connectivity index (χ3n) is 2.16. The van der Waals surface area contributed by atoms with Gasteiger partial charge in [0.15, 0.2) is 17.3 Å². The van der Waals surface area contributed by atoms with Crippen molar-refractivity contribution < 1.29 is 14.3 Å². The van der Waals surface area contributed by atoms with Crippen LogP contribution in [0.4, 0.5) is 5.82 Å². The largest absolute Gasteiger partial charge is 0.477 e. The molecule has 0 fully saturated rings. The smallest absolute Gasteiger partial charge is 0.354 e. The molecule has 2 aromatic heterocycles. The number of anilines is 1. The first-order valence-electron chi connectivity index (χ1n) is 4.97. The number of hydrogen-bond donors (Lipinski definition) is 2. The summed E-state index contributed by atoms with van der Waals surface area (Å²) in [6, 6.07) is 4.84. The van der Waals surface area contributed by atoms with Gasteiger partial charge in [0.2, 0.25) is 0 Å². The van der Waals surface area contributed by atoms with E-state index in [1.165, 1.54) is 6.07 Å². The van der Waals surface area contributed by atoms with E-state index in [1.807, 2.05) is 0 Å². The summed E-state index contributed by atoms with van der Waals surface area (Å²) in [5.74, 6) is 0.745. The summed E-state index contributed by atoms with van der Waals surface area (Å²) in [7, 11) is 1.66. The van der Waals surface area contributed by atoms with E-state index >= 15 is 0 Å². The minimum Gasteiger partial charge on any atom is -0.477 e. The number of carboxylic acids is 1. The molecule has 2 N–H and O–H groups in total. The second kappa shape index (κ2) is 4.25. The number of carboxylic acid groups (broad SMARTS) is 1. The molecule has 6 heteroatoms. The van der Waals surface area contributed by atoms with Gasteiger partial charge in [-0.2, -0.15) is 0 Å². The fourth-order valence-corrected chi connectivity index (χ4v) is 1.35. The molecule has 0 aliphatic carbocycles. The van der Waals surface area contributed by atoms with Crippen molar-refractivity contribution in [2.45, 2.75) is 6.92 Å². The monoisotopic (exact) mass is 233 g/mol. The highest BCUT2D eigenvalue weighted by Gasteiger charge is 2.13. The van der Waals surface area contributed by atoms with Crippen LogP contribution in [0.3, 0.4) is 0 Å². The first-order chi connectivity index (χ1) is 8.10. The highest BCUT2D eigenvalue weighted by atomic mass is 16.4. The lowest BCUT2D eigenvalue weighted by Crippen LogP contribution is -2.05. The maximum Gasteiger partial charge on any atom is 0.354 e. The van der Waals surface area contributed by atoms with Crippen LogP contribution in [0.5, 0.6) is 0 Å². The van der Waals surface area contributed by atoms with Crippen LogP contribution in [-0.2, 0) is 0 Å². The number of carbonyl (C=O) groups is 1. The molecule has 2 aromatic rings. The maximum atomic E-state index is 10.9. The third kappa shape index (κ3) is 2.25. The highest BCUT2D eigenvalue weighted by molar-refractivity contribution is 5.86. The summed E-state index contributed by atoms with van der Waals surface area (Å²) in [6.07, 6.45) is 0. The van der Waals surface area contributed by atoms with E-state index in [1.54, 1.807) is 26.1 Å². The minimum atomic E-state index is -1.10. The van der Waals surface area contributed by atoms with Crippen molar-refractivity contribution in [1.82, 2.24) is 9.97 Å². The van der Waals surface area contributed by atoms with E-state index in [0.29, 0.717) is 11.6 Å². The average Bonchev–Trinajstić information content (AvgIpc) is 2.75. The van der Waals surface area contributed by atoms with Crippen molar-refractivity contribution in [2.75, 3.05) is 12.4 Å². The van der Waals surface area contributed by atoms with Gasteiger partial charge in [-0.15, -0.1) is 0 Å². The molecule has 0 bridgehead atoms. The van der Waals surface area contributed by atoms with Crippen molar-refractivity contribution in [1.29, 1.82) is 0 Å². The molecule has 17 heavy (non-hydrogen) atoms. The molecular formula is C11H11N3O3. The Morgan fingerprint density at radius 3 is 2.71 bits per heavy atom. The van der Waals surface area contributed by atoms with Gasteiger partial charge in [0, 0.05) is 13.1 Å². The number of nitrogens with zero attached hydrogens (tertiary/aromatic N) is 2. The zero-order valence-electron chi connectivity index (χ0n) is 9.39. The van der Waals surface area contributed by atoms with Crippen LogP contribution in [-0.4, -0.2) is 28.1 Å². The first-order valence-corrected chi connectivity index (χ1v) is 4.97. The maximum absolute atomic E-state index is 10.9. The summed E-state index contributed by atoms with van der Waals surface area (Å²) in [5, 5.41) is 11.7. The highest BCUT2D eigenvalue weighted by Crippen LogP contribution is 2.20. The van der Waals surface area contributed by atoms with E-state index in [9.17, 15) is 4.79 Å². The molecule has 6 nitrogen and oxygen atoms in total. The van der Waals surface area contributed by atoms with E-state index in [2.05, 4.69) is 15.3 Å². The lowest BCUT2D eigenvalue weighted by molar-refractivity contribution is 0.0690. The van der Waals surface area contributed by atoms with Gasteiger partial charge in [-0.1, -0.05) is 0 Å². The zero-order valence-corrected chi connectivity index (χ0v) is 9.39. The van der Waals surface area contributed by atoms with Crippen LogP contribution in [0.25, 0.3) is 11.6 Å². The number of rotatable bonds is 3. The molecule has 0 saturated carbocycles. The van der Waals surface area contributed by atoms with Crippen molar-refractivity contribution in [2.24, 2.45) is 0 Å². The van der Waals surface area contributed by atoms with E-state index < -0.39 is 5.97 Å². The Morgan fingerprint density at radius 1 is 1.41 bits per heavy atom. The standard InChI is InChI=1S/C11H11N3O3/c1-6-3-4-8(17-6)10-13-7(11(15)16)5-9(12-2)14-10/h3-5H,1-2H3,(H,15,16)(H,12,13,14). The van der Waals surface area contributed by atoms with Crippen LogP contribution in [0.2, 0.25) is 0 Å². The van der Waals surface area contributed by atoms with Gasteiger partial charge in [0.25, 0.3) is 0 Å². The molecule has 0 unspecified atom stereocenters. The Hall–Kier alpha value is -2.37. The fourth-order valence-electron chi connectivity index (χ4n) is 1.35.